The minimum absolute atomic E-state index is 0.708. The van der Waals surface area contributed by atoms with Crippen LogP contribution >= 0.6 is 0 Å². The lowest BCUT2D eigenvalue weighted by Crippen LogP contribution is -2.38. The van der Waals surface area contributed by atoms with E-state index in [2.05, 4.69) is 10.4 Å². The quantitative estimate of drug-likeness (QED) is 0.613. The molecule has 1 aliphatic heterocycles. The maximum absolute atomic E-state index is 5.00. The number of hydrogen-bond acceptors (Lipinski definition) is 3. The van der Waals surface area contributed by atoms with Gasteiger partial charge in [0.2, 0.25) is 0 Å². The van der Waals surface area contributed by atoms with Gasteiger partial charge in [0.05, 0.1) is 0 Å². The first-order valence-corrected chi connectivity index (χ1v) is 3.91. The summed E-state index contributed by atoms with van der Waals surface area (Å²) in [6.07, 6.45) is 3.92. The van der Waals surface area contributed by atoms with E-state index < -0.39 is 0 Å². The second-order valence-electron chi connectivity index (χ2n) is 2.65. The van der Waals surface area contributed by atoms with E-state index in [0.717, 1.165) is 13.1 Å². The minimum Gasteiger partial charge on any atom is -0.368 e. The molecule has 0 aromatic carbocycles. The van der Waals surface area contributed by atoms with Gasteiger partial charge in [-0.15, -0.1) is 0 Å². The highest BCUT2D eigenvalue weighted by Gasteiger charge is 2.05. The van der Waals surface area contributed by atoms with Crippen molar-refractivity contribution in [3.63, 3.8) is 0 Å². The normalized spacial score (nSPS) is 22.5. The summed E-state index contributed by atoms with van der Waals surface area (Å²) in [6, 6.07) is 0. The summed E-state index contributed by atoms with van der Waals surface area (Å²) >= 11 is 0. The highest BCUT2D eigenvalue weighted by molar-refractivity contribution is 4.55. The zero-order valence-corrected chi connectivity index (χ0v) is 6.60. The van der Waals surface area contributed by atoms with Crippen molar-refractivity contribution < 1.29 is 4.74 Å². The summed E-state index contributed by atoms with van der Waals surface area (Å²) in [5.74, 6) is 0. The van der Waals surface area contributed by atoms with Crippen molar-refractivity contribution in [3.05, 3.63) is 0 Å². The first-order valence-electron chi connectivity index (χ1n) is 3.91. The van der Waals surface area contributed by atoms with Crippen LogP contribution < -0.4 is 5.43 Å². The van der Waals surface area contributed by atoms with Gasteiger partial charge in [-0.2, -0.15) is 0 Å². The molecular weight excluding hydrogens is 128 g/mol. The van der Waals surface area contributed by atoms with E-state index in [-0.39, 0.29) is 0 Å². The molecular formula is C7H16N2O. The van der Waals surface area contributed by atoms with Crippen LogP contribution in [0.2, 0.25) is 0 Å². The number of ether oxygens (including phenoxy) is 1. The third-order valence-corrected chi connectivity index (χ3v) is 1.73. The van der Waals surface area contributed by atoms with Crippen molar-refractivity contribution in [2.24, 2.45) is 0 Å². The molecule has 1 rings (SSSR count). The second kappa shape index (κ2) is 4.66. The molecule has 0 aromatic rings. The van der Waals surface area contributed by atoms with E-state index in [1.54, 1.807) is 7.11 Å². The van der Waals surface area contributed by atoms with Crippen LogP contribution in [-0.4, -0.2) is 31.9 Å². The Hall–Kier alpha value is -0.120. The summed E-state index contributed by atoms with van der Waals surface area (Å²) in [4.78, 5) is 0. The van der Waals surface area contributed by atoms with Gasteiger partial charge in [0, 0.05) is 20.2 Å². The number of nitrogens with zero attached hydrogens (tertiary/aromatic N) is 1. The molecule has 0 bridgehead atoms. The van der Waals surface area contributed by atoms with E-state index >= 15 is 0 Å². The zero-order valence-electron chi connectivity index (χ0n) is 6.60. The van der Waals surface area contributed by atoms with E-state index in [9.17, 15) is 0 Å². The first kappa shape index (κ1) is 7.98. The molecule has 0 atom stereocenters. The average molecular weight is 144 g/mol. The molecule has 0 amide bonds. The molecule has 1 heterocycles. The molecule has 10 heavy (non-hydrogen) atoms. The average Bonchev–Trinajstić information content (AvgIpc) is 2.17. The Balaban J connectivity index is 2.15. The van der Waals surface area contributed by atoms with Gasteiger partial charge >= 0.3 is 0 Å². The molecule has 1 aliphatic rings. The van der Waals surface area contributed by atoms with Crippen LogP contribution in [0.1, 0.15) is 19.3 Å². The Morgan fingerprint density at radius 2 is 2.30 bits per heavy atom. The maximum atomic E-state index is 5.00. The van der Waals surface area contributed by atoms with Crippen LogP contribution in [0.25, 0.3) is 0 Å². The van der Waals surface area contributed by atoms with Crippen LogP contribution in [0.15, 0.2) is 0 Å². The fourth-order valence-electron chi connectivity index (χ4n) is 1.19. The Bertz CT molecular complexity index is 79.7. The molecule has 3 nitrogen and oxygen atoms in total. The molecule has 3 heteroatoms. The largest absolute Gasteiger partial charge is 0.368 e. The molecule has 0 spiro atoms. The highest BCUT2D eigenvalue weighted by Crippen LogP contribution is 2.00. The summed E-state index contributed by atoms with van der Waals surface area (Å²) in [5, 5.41) is 2.13. The van der Waals surface area contributed by atoms with Gasteiger partial charge in [0.25, 0.3) is 0 Å². The van der Waals surface area contributed by atoms with Crippen molar-refractivity contribution >= 4 is 0 Å². The van der Waals surface area contributed by atoms with Crippen molar-refractivity contribution in [3.8, 4) is 0 Å². The van der Waals surface area contributed by atoms with Crippen LogP contribution in [0.5, 0.6) is 0 Å². The monoisotopic (exact) mass is 144 g/mol. The molecule has 60 valence electrons. The number of nitrogens with one attached hydrogen (secondary N) is 1. The number of hydrogen-bond donors (Lipinski definition) is 1. The van der Waals surface area contributed by atoms with Crippen molar-refractivity contribution in [2.45, 2.75) is 19.3 Å². The lowest BCUT2D eigenvalue weighted by Gasteiger charge is -2.18. The van der Waals surface area contributed by atoms with Crippen molar-refractivity contribution in [1.29, 1.82) is 0 Å². The Kier molecular flexibility index (Phi) is 3.72. The molecule has 0 aromatic heterocycles. The van der Waals surface area contributed by atoms with E-state index in [0.29, 0.717) is 6.73 Å². The van der Waals surface area contributed by atoms with Gasteiger partial charge in [-0.05, 0) is 12.8 Å². The molecule has 1 fully saturated rings. The third kappa shape index (κ3) is 2.64. The lowest BCUT2D eigenvalue weighted by molar-refractivity contribution is 0.0314. The number of rotatable bonds is 2. The fraction of sp³-hybridized carbons (Fsp3) is 1.00. The van der Waals surface area contributed by atoms with E-state index in [1.165, 1.54) is 19.3 Å². The van der Waals surface area contributed by atoms with Gasteiger partial charge in [0.1, 0.15) is 6.73 Å². The molecule has 0 radical (unpaired) electrons. The Labute approximate surface area is 62.3 Å². The predicted octanol–water partition coefficient (Wildman–Crippen LogP) is 0.581. The molecule has 1 saturated heterocycles. The lowest BCUT2D eigenvalue weighted by atomic mass is 10.2. The Morgan fingerprint density at radius 3 is 3.10 bits per heavy atom. The third-order valence-electron chi connectivity index (χ3n) is 1.73. The topological polar surface area (TPSA) is 24.5 Å². The number of methoxy groups -OCH3 is 1. The first-order chi connectivity index (χ1) is 4.93. The summed E-state index contributed by atoms with van der Waals surface area (Å²) in [5.41, 5.74) is 3.29. The van der Waals surface area contributed by atoms with E-state index in [4.69, 9.17) is 4.74 Å². The molecule has 0 aliphatic carbocycles. The number of hydrazine groups is 1. The van der Waals surface area contributed by atoms with Crippen LogP contribution in [0.3, 0.4) is 0 Å². The van der Waals surface area contributed by atoms with Gasteiger partial charge in [0.15, 0.2) is 0 Å². The SMILES string of the molecule is COCN1CCCCCN1. The van der Waals surface area contributed by atoms with Gasteiger partial charge < -0.3 is 4.74 Å². The summed E-state index contributed by atoms with van der Waals surface area (Å²) in [7, 11) is 1.73. The van der Waals surface area contributed by atoms with Gasteiger partial charge in [-0.1, -0.05) is 6.42 Å². The fourth-order valence-corrected chi connectivity index (χ4v) is 1.19. The van der Waals surface area contributed by atoms with Gasteiger partial charge in [-0.25, -0.2) is 5.01 Å². The second-order valence-corrected chi connectivity index (χ2v) is 2.65. The van der Waals surface area contributed by atoms with E-state index in [1.807, 2.05) is 0 Å². The summed E-state index contributed by atoms with van der Waals surface area (Å²) < 4.78 is 5.00. The Morgan fingerprint density at radius 1 is 1.40 bits per heavy atom. The van der Waals surface area contributed by atoms with Crippen LogP contribution in [-0.2, 0) is 4.74 Å². The maximum Gasteiger partial charge on any atom is 0.111 e. The molecule has 1 N–H and O–H groups in total. The standard InChI is InChI=1S/C7H16N2O/c1-10-7-9-6-4-2-3-5-8-9/h8H,2-7H2,1H3. The van der Waals surface area contributed by atoms with Crippen molar-refractivity contribution in [2.75, 3.05) is 26.9 Å². The smallest absolute Gasteiger partial charge is 0.111 e. The van der Waals surface area contributed by atoms with Gasteiger partial charge in [-0.3, -0.25) is 5.43 Å². The highest BCUT2D eigenvalue weighted by atomic mass is 16.5. The molecule has 0 saturated carbocycles. The van der Waals surface area contributed by atoms with Crippen LogP contribution in [0, 0.1) is 0 Å². The van der Waals surface area contributed by atoms with Crippen molar-refractivity contribution in [1.82, 2.24) is 10.4 Å². The zero-order chi connectivity index (χ0) is 7.23. The molecule has 0 unspecified atom stereocenters. The summed E-state index contributed by atoms with van der Waals surface area (Å²) in [6.45, 7) is 2.93. The minimum atomic E-state index is 0.708. The van der Waals surface area contributed by atoms with Crippen LogP contribution in [0.4, 0.5) is 0 Å². The predicted molar refractivity (Wildman–Crippen MR) is 40.4 cm³/mol.